The standard InChI is InChI=1S/C16H19N5O3S2/c1-9(13(22)19-14(23)17-10-7-8-10)25-16-21-20-15(26-16)18-11-5-3-4-6-12(11)24-2/h3-6,9-10H,7-8H2,1-2H3,(H,18,20)(H2,17,19,22,23)/t9-/m0/s1. The minimum absolute atomic E-state index is 0.206. The van der Waals surface area contributed by atoms with Crippen molar-refractivity contribution >= 4 is 45.9 Å². The van der Waals surface area contributed by atoms with E-state index < -0.39 is 11.3 Å². The molecule has 1 fully saturated rings. The molecular formula is C16H19N5O3S2. The Kier molecular flexibility index (Phi) is 5.94. The molecule has 3 amide bonds. The molecule has 1 saturated carbocycles. The summed E-state index contributed by atoms with van der Waals surface area (Å²) in [5, 5.41) is 16.5. The van der Waals surface area contributed by atoms with Gasteiger partial charge in [0, 0.05) is 6.04 Å². The van der Waals surface area contributed by atoms with Gasteiger partial charge in [-0.15, -0.1) is 10.2 Å². The molecule has 3 rings (SSSR count). The number of thioether (sulfide) groups is 1. The van der Waals surface area contributed by atoms with E-state index >= 15 is 0 Å². The Labute approximate surface area is 159 Å². The largest absolute Gasteiger partial charge is 0.495 e. The topological polar surface area (TPSA) is 105 Å². The molecule has 0 spiro atoms. The molecule has 1 heterocycles. The first kappa shape index (κ1) is 18.5. The van der Waals surface area contributed by atoms with Crippen molar-refractivity contribution in [2.45, 2.75) is 35.4 Å². The van der Waals surface area contributed by atoms with Gasteiger partial charge in [-0.2, -0.15) is 0 Å². The monoisotopic (exact) mass is 393 g/mol. The van der Waals surface area contributed by atoms with E-state index in [1.165, 1.54) is 23.1 Å². The first-order valence-electron chi connectivity index (χ1n) is 8.06. The quantitative estimate of drug-likeness (QED) is 0.621. The lowest BCUT2D eigenvalue weighted by molar-refractivity contribution is -0.119. The zero-order valence-electron chi connectivity index (χ0n) is 14.3. The van der Waals surface area contributed by atoms with Crippen LogP contribution in [0.2, 0.25) is 0 Å². The first-order valence-corrected chi connectivity index (χ1v) is 9.76. The van der Waals surface area contributed by atoms with Crippen molar-refractivity contribution in [1.29, 1.82) is 0 Å². The number of imide groups is 1. The first-order chi connectivity index (χ1) is 12.5. The number of urea groups is 1. The molecule has 3 N–H and O–H groups in total. The Morgan fingerprint density at radius 1 is 1.31 bits per heavy atom. The van der Waals surface area contributed by atoms with E-state index in [0.717, 1.165) is 18.5 Å². The number of methoxy groups -OCH3 is 1. The summed E-state index contributed by atoms with van der Waals surface area (Å²) in [5.41, 5.74) is 0.783. The number of nitrogens with zero attached hydrogens (tertiary/aromatic N) is 2. The van der Waals surface area contributed by atoms with Gasteiger partial charge in [-0.3, -0.25) is 10.1 Å². The number of amides is 3. The molecule has 0 bridgehead atoms. The average molecular weight is 393 g/mol. The van der Waals surface area contributed by atoms with Crippen molar-refractivity contribution in [3.8, 4) is 5.75 Å². The number of benzene rings is 1. The number of nitrogens with one attached hydrogen (secondary N) is 3. The zero-order valence-corrected chi connectivity index (χ0v) is 15.9. The van der Waals surface area contributed by atoms with Crippen LogP contribution >= 0.6 is 23.1 Å². The van der Waals surface area contributed by atoms with Crippen molar-refractivity contribution < 1.29 is 14.3 Å². The van der Waals surface area contributed by atoms with Gasteiger partial charge in [0.05, 0.1) is 18.0 Å². The number of ether oxygens (including phenoxy) is 1. The molecule has 1 aliphatic rings. The summed E-state index contributed by atoms with van der Waals surface area (Å²) in [6, 6.07) is 7.25. The third-order valence-electron chi connectivity index (χ3n) is 3.55. The highest BCUT2D eigenvalue weighted by molar-refractivity contribution is 8.02. The highest BCUT2D eigenvalue weighted by Crippen LogP contribution is 2.32. The van der Waals surface area contributed by atoms with E-state index in [2.05, 4.69) is 26.1 Å². The van der Waals surface area contributed by atoms with Gasteiger partial charge in [0.2, 0.25) is 11.0 Å². The van der Waals surface area contributed by atoms with Crippen molar-refractivity contribution in [1.82, 2.24) is 20.8 Å². The number of carbonyl (C=O) groups excluding carboxylic acids is 2. The number of carbonyl (C=O) groups is 2. The minimum atomic E-state index is -0.466. The molecule has 138 valence electrons. The van der Waals surface area contributed by atoms with Gasteiger partial charge >= 0.3 is 6.03 Å². The van der Waals surface area contributed by atoms with Crippen LogP contribution in [-0.2, 0) is 4.79 Å². The summed E-state index contributed by atoms with van der Waals surface area (Å²) in [7, 11) is 1.60. The van der Waals surface area contributed by atoms with Gasteiger partial charge in [0.15, 0.2) is 4.34 Å². The fourth-order valence-corrected chi connectivity index (χ4v) is 3.95. The second-order valence-electron chi connectivity index (χ2n) is 5.70. The molecule has 0 unspecified atom stereocenters. The van der Waals surface area contributed by atoms with Gasteiger partial charge in [-0.05, 0) is 31.9 Å². The fourth-order valence-electron chi connectivity index (χ4n) is 2.04. The molecule has 8 nitrogen and oxygen atoms in total. The Morgan fingerprint density at radius 2 is 2.08 bits per heavy atom. The molecule has 0 saturated heterocycles. The normalized spacial score (nSPS) is 14.4. The molecule has 10 heteroatoms. The molecule has 1 atom stereocenters. The Balaban J connectivity index is 1.53. The second kappa shape index (κ2) is 8.37. The van der Waals surface area contributed by atoms with Crippen molar-refractivity contribution in [2.24, 2.45) is 0 Å². The van der Waals surface area contributed by atoms with Crippen LogP contribution in [0.1, 0.15) is 19.8 Å². The Bertz CT molecular complexity index is 794. The van der Waals surface area contributed by atoms with Crippen LogP contribution in [0.3, 0.4) is 0 Å². The van der Waals surface area contributed by atoms with Crippen LogP contribution in [0, 0.1) is 0 Å². The van der Waals surface area contributed by atoms with Gasteiger partial charge in [-0.1, -0.05) is 35.2 Å². The van der Waals surface area contributed by atoms with Gasteiger partial charge in [0.1, 0.15) is 5.75 Å². The maximum atomic E-state index is 12.1. The zero-order chi connectivity index (χ0) is 18.5. The van der Waals surface area contributed by atoms with Crippen molar-refractivity contribution in [3.63, 3.8) is 0 Å². The number of hydrogen-bond donors (Lipinski definition) is 3. The lowest BCUT2D eigenvalue weighted by Gasteiger charge is -2.09. The highest BCUT2D eigenvalue weighted by atomic mass is 32.2. The van der Waals surface area contributed by atoms with E-state index in [0.29, 0.717) is 15.2 Å². The minimum Gasteiger partial charge on any atom is -0.495 e. The third kappa shape index (κ3) is 5.09. The summed E-state index contributed by atoms with van der Waals surface area (Å²) in [6.07, 6.45) is 1.94. The van der Waals surface area contributed by atoms with Crippen molar-refractivity contribution in [3.05, 3.63) is 24.3 Å². The van der Waals surface area contributed by atoms with E-state index in [4.69, 9.17) is 4.74 Å². The van der Waals surface area contributed by atoms with Crippen LogP contribution in [0.5, 0.6) is 5.75 Å². The summed E-state index contributed by atoms with van der Waals surface area (Å²) in [6.45, 7) is 1.72. The smallest absolute Gasteiger partial charge is 0.321 e. The van der Waals surface area contributed by atoms with Crippen LogP contribution in [0.25, 0.3) is 0 Å². The molecule has 0 radical (unpaired) electrons. The highest BCUT2D eigenvalue weighted by Gasteiger charge is 2.25. The Morgan fingerprint density at radius 3 is 2.81 bits per heavy atom. The van der Waals surface area contributed by atoms with Crippen molar-refractivity contribution in [2.75, 3.05) is 12.4 Å². The van der Waals surface area contributed by atoms with E-state index in [-0.39, 0.29) is 11.9 Å². The van der Waals surface area contributed by atoms with Gasteiger partial charge in [-0.25, -0.2) is 4.79 Å². The van der Waals surface area contributed by atoms with Crippen LogP contribution in [-0.4, -0.2) is 40.5 Å². The second-order valence-corrected chi connectivity index (χ2v) is 8.26. The molecule has 1 aromatic heterocycles. The number of para-hydroxylation sites is 2. The molecule has 0 aliphatic heterocycles. The fraction of sp³-hybridized carbons (Fsp3) is 0.375. The number of rotatable bonds is 7. The lowest BCUT2D eigenvalue weighted by Crippen LogP contribution is -2.43. The number of aromatic nitrogens is 2. The molecule has 1 aliphatic carbocycles. The SMILES string of the molecule is COc1ccccc1Nc1nnc(S[C@@H](C)C(=O)NC(=O)NC2CC2)s1. The number of anilines is 2. The van der Waals surface area contributed by atoms with Gasteiger partial charge in [0.25, 0.3) is 0 Å². The summed E-state index contributed by atoms with van der Waals surface area (Å²) in [5.74, 6) is 0.342. The summed E-state index contributed by atoms with van der Waals surface area (Å²) < 4.78 is 5.92. The van der Waals surface area contributed by atoms with Crippen LogP contribution in [0.15, 0.2) is 28.6 Å². The van der Waals surface area contributed by atoms with E-state index in [1.807, 2.05) is 24.3 Å². The van der Waals surface area contributed by atoms with Crippen LogP contribution < -0.4 is 20.7 Å². The molecular weight excluding hydrogens is 374 g/mol. The van der Waals surface area contributed by atoms with Crippen LogP contribution in [0.4, 0.5) is 15.6 Å². The molecule has 26 heavy (non-hydrogen) atoms. The maximum Gasteiger partial charge on any atom is 0.321 e. The predicted octanol–water partition coefficient (Wildman–Crippen LogP) is 2.76. The van der Waals surface area contributed by atoms with Gasteiger partial charge < -0.3 is 15.4 Å². The maximum absolute atomic E-state index is 12.1. The molecule has 1 aromatic carbocycles. The molecule has 2 aromatic rings. The Hall–Kier alpha value is -2.33. The average Bonchev–Trinajstić information content (AvgIpc) is 3.33. The number of hydrogen-bond acceptors (Lipinski definition) is 8. The van der Waals surface area contributed by atoms with E-state index in [9.17, 15) is 9.59 Å². The summed E-state index contributed by atoms with van der Waals surface area (Å²) in [4.78, 5) is 23.7. The lowest BCUT2D eigenvalue weighted by atomic mass is 10.3. The van der Waals surface area contributed by atoms with E-state index in [1.54, 1.807) is 14.0 Å². The predicted molar refractivity (Wildman–Crippen MR) is 101 cm³/mol. The third-order valence-corrected chi connectivity index (χ3v) is 5.57. The summed E-state index contributed by atoms with van der Waals surface area (Å²) >= 11 is 2.58.